The Balaban J connectivity index is 1.64. The molecule has 2 aromatic rings. The maximum Gasteiger partial charge on any atom is 0.244 e. The van der Waals surface area contributed by atoms with Gasteiger partial charge < -0.3 is 14.8 Å². The molecule has 1 amide bonds. The molecule has 1 unspecified atom stereocenters. The molecule has 1 aliphatic rings. The molecule has 186 valence electrons. The predicted molar refractivity (Wildman–Crippen MR) is 132 cm³/mol. The summed E-state index contributed by atoms with van der Waals surface area (Å²) in [5.41, 5.74) is 4.40. The smallest absolute Gasteiger partial charge is 0.244 e. The van der Waals surface area contributed by atoms with Crippen LogP contribution in [0.4, 0.5) is 0 Å². The molecule has 8 heteroatoms. The van der Waals surface area contributed by atoms with Crippen LogP contribution in [0, 0.1) is 20.8 Å². The van der Waals surface area contributed by atoms with E-state index in [9.17, 15) is 13.2 Å². The van der Waals surface area contributed by atoms with Crippen LogP contribution < -0.4 is 5.32 Å². The number of hydrogen-bond acceptors (Lipinski definition) is 5. The molecule has 2 aromatic carbocycles. The minimum absolute atomic E-state index is 0.262. The second kappa shape index (κ2) is 11.9. The molecule has 34 heavy (non-hydrogen) atoms. The Kier molecular flexibility index (Phi) is 9.24. The molecule has 1 N–H and O–H groups in total. The quantitative estimate of drug-likeness (QED) is 0.488. The van der Waals surface area contributed by atoms with Gasteiger partial charge in [-0.05, 0) is 62.8 Å². The molecule has 7 nitrogen and oxygen atoms in total. The number of carbonyl (C=O) groups excluding carboxylic acids is 1. The maximum absolute atomic E-state index is 13.5. The molecule has 0 aliphatic carbocycles. The van der Waals surface area contributed by atoms with Crippen LogP contribution in [0.2, 0.25) is 0 Å². The summed E-state index contributed by atoms with van der Waals surface area (Å²) in [5.74, 6) is -0.262. The third-order valence-electron chi connectivity index (χ3n) is 5.98. The monoisotopic (exact) mass is 488 g/mol. The first kappa shape index (κ1) is 26.3. The lowest BCUT2D eigenvalue weighted by atomic mass is 10.1. The third-order valence-corrected chi connectivity index (χ3v) is 8.20. The highest BCUT2D eigenvalue weighted by Crippen LogP contribution is 2.30. The van der Waals surface area contributed by atoms with E-state index in [1.165, 1.54) is 4.31 Å². The van der Waals surface area contributed by atoms with Crippen LogP contribution in [-0.2, 0) is 37.4 Å². The van der Waals surface area contributed by atoms with Crippen LogP contribution in [0.1, 0.15) is 47.6 Å². The van der Waals surface area contributed by atoms with Gasteiger partial charge in [0, 0.05) is 19.7 Å². The first-order valence-corrected chi connectivity index (χ1v) is 13.3. The molecule has 0 saturated carbocycles. The number of ether oxygens (including phenoxy) is 2. The summed E-state index contributed by atoms with van der Waals surface area (Å²) in [6, 6.07) is 10.9. The molecule has 1 saturated heterocycles. The SMILES string of the molecule is CCOCCOCc1cccc(CNC(=O)C2CCCN2S(=O)(=O)c2c(C)cc(C)cc2C)c1. The van der Waals surface area contributed by atoms with Gasteiger partial charge in [0.05, 0.1) is 24.7 Å². The van der Waals surface area contributed by atoms with Crippen LogP contribution >= 0.6 is 0 Å². The molecule has 1 heterocycles. The fourth-order valence-corrected chi connectivity index (χ4v) is 6.64. The first-order chi connectivity index (χ1) is 16.2. The summed E-state index contributed by atoms with van der Waals surface area (Å²) < 4.78 is 39.3. The lowest BCUT2D eigenvalue weighted by Gasteiger charge is -2.25. The Morgan fingerprint density at radius 3 is 2.44 bits per heavy atom. The van der Waals surface area contributed by atoms with Gasteiger partial charge in [-0.1, -0.05) is 42.0 Å². The van der Waals surface area contributed by atoms with Gasteiger partial charge in [0.15, 0.2) is 0 Å². The molecule has 1 aliphatic heterocycles. The number of rotatable bonds is 11. The van der Waals surface area contributed by atoms with Crippen LogP contribution in [0.25, 0.3) is 0 Å². The van der Waals surface area contributed by atoms with Crippen molar-refractivity contribution in [1.82, 2.24) is 9.62 Å². The zero-order valence-corrected chi connectivity index (χ0v) is 21.4. The minimum atomic E-state index is -3.77. The van der Waals surface area contributed by atoms with E-state index < -0.39 is 16.1 Å². The lowest BCUT2D eigenvalue weighted by Crippen LogP contribution is -2.45. The molecule has 3 rings (SSSR count). The highest BCUT2D eigenvalue weighted by atomic mass is 32.2. The third kappa shape index (κ3) is 6.44. The number of nitrogens with one attached hydrogen (secondary N) is 1. The van der Waals surface area contributed by atoms with Crippen molar-refractivity contribution in [3.05, 3.63) is 64.2 Å². The number of amides is 1. The molecular formula is C26H36N2O5S. The van der Waals surface area contributed by atoms with Gasteiger partial charge >= 0.3 is 0 Å². The van der Waals surface area contributed by atoms with E-state index in [1.54, 1.807) is 0 Å². The van der Waals surface area contributed by atoms with Crippen molar-refractivity contribution in [1.29, 1.82) is 0 Å². The standard InChI is InChI=1S/C26H36N2O5S/c1-5-32-12-13-33-18-23-9-6-8-22(16-23)17-27-26(29)24-10-7-11-28(24)34(30,31)25-20(3)14-19(2)15-21(25)4/h6,8-9,14-16,24H,5,7,10-13,17-18H2,1-4H3,(H,27,29). The van der Waals surface area contributed by atoms with E-state index in [0.29, 0.717) is 68.4 Å². The van der Waals surface area contributed by atoms with Crippen molar-refractivity contribution in [3.63, 3.8) is 0 Å². The maximum atomic E-state index is 13.5. The highest BCUT2D eigenvalue weighted by molar-refractivity contribution is 7.89. The van der Waals surface area contributed by atoms with E-state index in [0.717, 1.165) is 16.7 Å². The molecule has 1 fully saturated rings. The Labute approximate surface area is 203 Å². The fraction of sp³-hybridized carbons (Fsp3) is 0.500. The van der Waals surface area contributed by atoms with Crippen LogP contribution in [-0.4, -0.2) is 51.0 Å². The van der Waals surface area contributed by atoms with Gasteiger partial charge in [0.25, 0.3) is 0 Å². The molecule has 0 bridgehead atoms. The topological polar surface area (TPSA) is 84.9 Å². The van der Waals surface area contributed by atoms with Crippen LogP contribution in [0.15, 0.2) is 41.3 Å². The van der Waals surface area contributed by atoms with Gasteiger partial charge in [-0.25, -0.2) is 8.42 Å². The number of carbonyl (C=O) groups is 1. The van der Waals surface area contributed by atoms with Gasteiger partial charge in [-0.15, -0.1) is 0 Å². The summed E-state index contributed by atoms with van der Waals surface area (Å²) in [4.78, 5) is 13.3. The fourth-order valence-electron chi connectivity index (χ4n) is 4.57. The number of benzene rings is 2. The Hall–Kier alpha value is -2.26. The van der Waals surface area contributed by atoms with E-state index >= 15 is 0 Å². The van der Waals surface area contributed by atoms with Crippen LogP contribution in [0.5, 0.6) is 0 Å². The second-order valence-electron chi connectivity index (χ2n) is 8.79. The Morgan fingerprint density at radius 1 is 1.06 bits per heavy atom. The zero-order valence-electron chi connectivity index (χ0n) is 20.6. The lowest BCUT2D eigenvalue weighted by molar-refractivity contribution is -0.124. The summed E-state index contributed by atoms with van der Waals surface area (Å²) in [6.07, 6.45) is 1.18. The number of sulfonamides is 1. The molecule has 0 spiro atoms. The van der Waals surface area contributed by atoms with Gasteiger partial charge in [0.2, 0.25) is 15.9 Å². The van der Waals surface area contributed by atoms with E-state index in [2.05, 4.69) is 5.32 Å². The van der Waals surface area contributed by atoms with Crippen molar-refractivity contribution in [3.8, 4) is 0 Å². The highest BCUT2D eigenvalue weighted by Gasteiger charge is 2.40. The van der Waals surface area contributed by atoms with Gasteiger partial charge in [-0.3, -0.25) is 4.79 Å². The largest absolute Gasteiger partial charge is 0.379 e. The van der Waals surface area contributed by atoms with Gasteiger partial charge in [0.1, 0.15) is 6.04 Å². The molecule has 0 aromatic heterocycles. The predicted octanol–water partition coefficient (Wildman–Crippen LogP) is 3.63. The van der Waals surface area contributed by atoms with E-state index in [-0.39, 0.29) is 5.91 Å². The summed E-state index contributed by atoms with van der Waals surface area (Å²) >= 11 is 0. The first-order valence-electron chi connectivity index (χ1n) is 11.8. The summed E-state index contributed by atoms with van der Waals surface area (Å²) in [7, 11) is -3.77. The van der Waals surface area contributed by atoms with Crippen molar-refractivity contribution < 1.29 is 22.7 Å². The normalized spacial score (nSPS) is 16.6. The molecular weight excluding hydrogens is 452 g/mol. The van der Waals surface area contributed by atoms with Crippen molar-refractivity contribution in [2.75, 3.05) is 26.4 Å². The van der Waals surface area contributed by atoms with Crippen molar-refractivity contribution in [2.24, 2.45) is 0 Å². The summed E-state index contributed by atoms with van der Waals surface area (Å²) in [6.45, 7) is 10.4. The van der Waals surface area contributed by atoms with Crippen LogP contribution in [0.3, 0.4) is 0 Å². The van der Waals surface area contributed by atoms with E-state index in [1.807, 2.05) is 64.1 Å². The summed E-state index contributed by atoms with van der Waals surface area (Å²) in [5, 5.41) is 2.94. The average molecular weight is 489 g/mol. The average Bonchev–Trinajstić information content (AvgIpc) is 3.28. The second-order valence-corrected chi connectivity index (χ2v) is 10.6. The van der Waals surface area contributed by atoms with E-state index in [4.69, 9.17) is 9.47 Å². The minimum Gasteiger partial charge on any atom is -0.379 e. The Morgan fingerprint density at radius 2 is 1.74 bits per heavy atom. The zero-order chi connectivity index (χ0) is 24.7. The Bertz CT molecular complexity index is 1080. The molecule has 0 radical (unpaired) electrons. The van der Waals surface area contributed by atoms with Gasteiger partial charge in [-0.2, -0.15) is 4.31 Å². The number of hydrogen-bond donors (Lipinski definition) is 1. The van der Waals surface area contributed by atoms with Crippen molar-refractivity contribution >= 4 is 15.9 Å². The van der Waals surface area contributed by atoms with Crippen molar-refractivity contribution in [2.45, 2.75) is 64.6 Å². The number of aryl methyl sites for hydroxylation is 3. The number of nitrogens with zero attached hydrogens (tertiary/aromatic N) is 1. The molecule has 1 atom stereocenters.